The van der Waals surface area contributed by atoms with E-state index in [0.717, 1.165) is 12.5 Å². The van der Waals surface area contributed by atoms with Crippen LogP contribution in [0.3, 0.4) is 0 Å². The highest BCUT2D eigenvalue weighted by Crippen LogP contribution is 2.27. The zero-order valence-electron chi connectivity index (χ0n) is 10.6. The monoisotopic (exact) mass is 237 g/mol. The molecule has 2 aromatic carbocycles. The second-order valence-electron chi connectivity index (χ2n) is 5.14. The van der Waals surface area contributed by atoms with Gasteiger partial charge in [0.2, 0.25) is 0 Å². The fourth-order valence-electron chi connectivity index (χ4n) is 2.19. The van der Waals surface area contributed by atoms with Crippen LogP contribution in [0.5, 0.6) is 0 Å². The predicted molar refractivity (Wildman–Crippen MR) is 76.3 cm³/mol. The molecular formula is C17H19N. The van der Waals surface area contributed by atoms with Crippen molar-refractivity contribution in [3.05, 3.63) is 60.2 Å². The lowest BCUT2D eigenvalue weighted by atomic mass is 10.0. The number of hydrogen-bond acceptors (Lipinski definition) is 1. The molecule has 1 fully saturated rings. The van der Waals surface area contributed by atoms with Crippen molar-refractivity contribution in [1.82, 2.24) is 5.32 Å². The number of nitrogens with one attached hydrogen (secondary N) is 1. The van der Waals surface area contributed by atoms with Crippen LogP contribution >= 0.6 is 0 Å². The second-order valence-corrected chi connectivity index (χ2v) is 5.14. The molecule has 0 saturated heterocycles. The quantitative estimate of drug-likeness (QED) is 0.832. The average molecular weight is 237 g/mol. The van der Waals surface area contributed by atoms with Crippen molar-refractivity contribution in [2.45, 2.75) is 19.4 Å². The first-order chi connectivity index (χ1) is 8.92. The van der Waals surface area contributed by atoms with Gasteiger partial charge in [-0.2, -0.15) is 0 Å². The van der Waals surface area contributed by atoms with Gasteiger partial charge < -0.3 is 5.32 Å². The summed E-state index contributed by atoms with van der Waals surface area (Å²) in [4.78, 5) is 0. The second kappa shape index (κ2) is 5.36. The third-order valence-corrected chi connectivity index (χ3v) is 3.52. The van der Waals surface area contributed by atoms with Crippen molar-refractivity contribution < 1.29 is 0 Å². The van der Waals surface area contributed by atoms with Crippen LogP contribution in [0.2, 0.25) is 0 Å². The van der Waals surface area contributed by atoms with Gasteiger partial charge in [-0.25, -0.2) is 0 Å². The average Bonchev–Trinajstić information content (AvgIpc) is 3.25. The van der Waals surface area contributed by atoms with Crippen molar-refractivity contribution in [1.29, 1.82) is 0 Å². The summed E-state index contributed by atoms with van der Waals surface area (Å²) in [5.74, 6) is 0.952. The van der Waals surface area contributed by atoms with E-state index < -0.39 is 0 Å². The van der Waals surface area contributed by atoms with Crippen LogP contribution in [0.4, 0.5) is 0 Å². The van der Waals surface area contributed by atoms with Crippen molar-refractivity contribution in [2.24, 2.45) is 5.92 Å². The molecule has 0 aromatic heterocycles. The first kappa shape index (κ1) is 11.5. The Bertz CT molecular complexity index is 483. The van der Waals surface area contributed by atoms with Gasteiger partial charge in [-0.3, -0.25) is 0 Å². The zero-order chi connectivity index (χ0) is 12.2. The minimum atomic E-state index is 0.952. The molecule has 0 bridgehead atoms. The maximum Gasteiger partial charge on any atom is 0.0205 e. The molecule has 0 radical (unpaired) electrons. The SMILES string of the molecule is c1ccc(-c2ccc(CNCC3CC3)cc2)cc1. The van der Waals surface area contributed by atoms with Gasteiger partial charge in [-0.1, -0.05) is 54.6 Å². The lowest BCUT2D eigenvalue weighted by molar-refractivity contribution is 0.639. The first-order valence-electron chi connectivity index (χ1n) is 6.77. The Morgan fingerprint density at radius 1 is 0.833 bits per heavy atom. The van der Waals surface area contributed by atoms with Crippen molar-refractivity contribution in [3.8, 4) is 11.1 Å². The molecule has 2 aromatic rings. The molecule has 1 nitrogen and oxygen atoms in total. The maximum atomic E-state index is 3.52. The summed E-state index contributed by atoms with van der Waals surface area (Å²) in [6.45, 7) is 2.17. The van der Waals surface area contributed by atoms with E-state index in [1.54, 1.807) is 0 Å². The van der Waals surface area contributed by atoms with E-state index in [2.05, 4.69) is 59.9 Å². The molecule has 3 rings (SSSR count). The molecule has 0 unspecified atom stereocenters. The van der Waals surface area contributed by atoms with Crippen molar-refractivity contribution >= 4 is 0 Å². The van der Waals surface area contributed by atoms with Gasteiger partial charge in [-0.15, -0.1) is 0 Å². The summed E-state index contributed by atoms with van der Waals surface area (Å²) < 4.78 is 0. The molecule has 0 atom stereocenters. The van der Waals surface area contributed by atoms with Gasteiger partial charge in [0.05, 0.1) is 0 Å². The lowest BCUT2D eigenvalue weighted by Crippen LogP contribution is -2.15. The zero-order valence-corrected chi connectivity index (χ0v) is 10.6. The summed E-state index contributed by atoms with van der Waals surface area (Å²) in [7, 11) is 0. The summed E-state index contributed by atoms with van der Waals surface area (Å²) >= 11 is 0. The highest BCUT2D eigenvalue weighted by atomic mass is 14.9. The Labute approximate surface area is 109 Å². The largest absolute Gasteiger partial charge is 0.312 e. The number of hydrogen-bond donors (Lipinski definition) is 1. The molecule has 1 aliphatic carbocycles. The Morgan fingerprint density at radius 2 is 1.50 bits per heavy atom. The van der Waals surface area contributed by atoms with Gasteiger partial charge in [0, 0.05) is 6.54 Å². The highest BCUT2D eigenvalue weighted by molar-refractivity contribution is 5.63. The van der Waals surface area contributed by atoms with E-state index in [1.165, 1.54) is 36.1 Å². The maximum absolute atomic E-state index is 3.52. The van der Waals surface area contributed by atoms with Gasteiger partial charge in [0.15, 0.2) is 0 Å². The smallest absolute Gasteiger partial charge is 0.0205 e. The Hall–Kier alpha value is -1.60. The van der Waals surface area contributed by atoms with E-state index in [9.17, 15) is 0 Å². The minimum Gasteiger partial charge on any atom is -0.312 e. The molecule has 0 heterocycles. The predicted octanol–water partition coefficient (Wildman–Crippen LogP) is 3.85. The molecule has 18 heavy (non-hydrogen) atoms. The van der Waals surface area contributed by atoms with Crippen molar-refractivity contribution in [3.63, 3.8) is 0 Å². The molecule has 0 aliphatic heterocycles. The number of benzene rings is 2. The Morgan fingerprint density at radius 3 is 2.17 bits per heavy atom. The Kier molecular flexibility index (Phi) is 3.42. The molecule has 92 valence electrons. The minimum absolute atomic E-state index is 0.952. The standard InChI is InChI=1S/C17H19N/c1-2-4-16(5-3-1)17-10-8-15(9-11-17)13-18-12-14-6-7-14/h1-5,8-11,14,18H,6-7,12-13H2. The fraction of sp³-hybridized carbons (Fsp3) is 0.294. The molecule has 1 N–H and O–H groups in total. The fourth-order valence-corrected chi connectivity index (χ4v) is 2.19. The van der Waals surface area contributed by atoms with Crippen LogP contribution in [0.15, 0.2) is 54.6 Å². The van der Waals surface area contributed by atoms with Crippen LogP contribution in [-0.4, -0.2) is 6.54 Å². The van der Waals surface area contributed by atoms with Crippen LogP contribution in [0, 0.1) is 5.92 Å². The van der Waals surface area contributed by atoms with Gasteiger partial charge in [0.25, 0.3) is 0 Å². The van der Waals surface area contributed by atoms with E-state index in [-0.39, 0.29) is 0 Å². The summed E-state index contributed by atoms with van der Waals surface area (Å²) in [5, 5.41) is 3.52. The molecule has 0 spiro atoms. The van der Waals surface area contributed by atoms with Crippen LogP contribution in [0.25, 0.3) is 11.1 Å². The summed E-state index contributed by atoms with van der Waals surface area (Å²) in [6, 6.07) is 19.4. The van der Waals surface area contributed by atoms with E-state index in [1.807, 2.05) is 0 Å². The van der Waals surface area contributed by atoms with E-state index in [4.69, 9.17) is 0 Å². The topological polar surface area (TPSA) is 12.0 Å². The van der Waals surface area contributed by atoms with Crippen LogP contribution in [0.1, 0.15) is 18.4 Å². The van der Waals surface area contributed by atoms with Gasteiger partial charge >= 0.3 is 0 Å². The normalized spacial score (nSPS) is 14.7. The van der Waals surface area contributed by atoms with E-state index in [0.29, 0.717) is 0 Å². The summed E-state index contributed by atoms with van der Waals surface area (Å²) in [6.07, 6.45) is 2.83. The third-order valence-electron chi connectivity index (χ3n) is 3.52. The van der Waals surface area contributed by atoms with Crippen LogP contribution in [-0.2, 0) is 6.54 Å². The first-order valence-corrected chi connectivity index (χ1v) is 6.77. The van der Waals surface area contributed by atoms with Crippen molar-refractivity contribution in [2.75, 3.05) is 6.54 Å². The van der Waals surface area contributed by atoms with Gasteiger partial charge in [-0.05, 0) is 42.0 Å². The molecule has 0 amide bonds. The van der Waals surface area contributed by atoms with Gasteiger partial charge in [0.1, 0.15) is 0 Å². The van der Waals surface area contributed by atoms with E-state index >= 15 is 0 Å². The molecule has 1 aliphatic rings. The third kappa shape index (κ3) is 2.99. The molecular weight excluding hydrogens is 218 g/mol. The summed E-state index contributed by atoms with van der Waals surface area (Å²) in [5.41, 5.74) is 3.95. The lowest BCUT2D eigenvalue weighted by Gasteiger charge is -2.06. The number of rotatable bonds is 5. The molecule has 1 saturated carbocycles. The van der Waals surface area contributed by atoms with Crippen LogP contribution < -0.4 is 5.32 Å². The highest BCUT2D eigenvalue weighted by Gasteiger charge is 2.19. The molecule has 1 heteroatoms. The Balaban J connectivity index is 1.61.